The fourth-order valence-corrected chi connectivity index (χ4v) is 2.65. The third-order valence-electron chi connectivity index (χ3n) is 3.83. The van der Waals surface area contributed by atoms with E-state index in [0.29, 0.717) is 12.1 Å². The van der Waals surface area contributed by atoms with Crippen molar-refractivity contribution in [3.05, 3.63) is 35.1 Å². The average molecular weight is 264 g/mol. The van der Waals surface area contributed by atoms with Crippen molar-refractivity contribution in [2.45, 2.75) is 66.0 Å². The second kappa shape index (κ2) is 7.04. The van der Waals surface area contributed by atoms with Crippen molar-refractivity contribution in [2.75, 3.05) is 6.54 Å². The largest absolute Gasteiger partial charge is 0.299 e. The van der Waals surface area contributed by atoms with Crippen LogP contribution in [-0.4, -0.2) is 23.5 Å². The maximum atomic E-state index is 13.8. The highest BCUT2D eigenvalue weighted by atomic mass is 18.2. The molecule has 0 N–H and O–H groups in total. The van der Waals surface area contributed by atoms with Crippen LogP contribution >= 0.6 is 0 Å². The quantitative estimate of drug-likeness (QED) is 0.717. The van der Waals surface area contributed by atoms with Gasteiger partial charge < -0.3 is 0 Å². The number of halogens is 1. The molecule has 1 rings (SSSR count). The Labute approximate surface area is 117 Å². The molecule has 0 saturated heterocycles. The molecule has 2 heteroatoms. The van der Waals surface area contributed by atoms with Crippen molar-refractivity contribution in [3.63, 3.8) is 0 Å². The van der Waals surface area contributed by atoms with Crippen molar-refractivity contribution < 1.29 is 4.39 Å². The van der Waals surface area contributed by atoms with Crippen molar-refractivity contribution in [3.8, 4) is 0 Å². The van der Waals surface area contributed by atoms with Gasteiger partial charge in [0.25, 0.3) is 0 Å². The van der Waals surface area contributed by atoms with E-state index in [1.54, 1.807) is 6.07 Å². The number of aryl methyl sites for hydroxylation is 1. The molecule has 0 aliphatic heterocycles. The first-order chi connectivity index (χ1) is 8.82. The Morgan fingerprint density at radius 1 is 1.05 bits per heavy atom. The zero-order valence-corrected chi connectivity index (χ0v) is 13.2. The Bertz CT molecular complexity index is 390. The molecule has 19 heavy (non-hydrogen) atoms. The van der Waals surface area contributed by atoms with E-state index in [9.17, 15) is 4.39 Å². The van der Waals surface area contributed by atoms with Gasteiger partial charge in [-0.3, -0.25) is 4.90 Å². The summed E-state index contributed by atoms with van der Waals surface area (Å²) < 4.78 is 13.8. The maximum Gasteiger partial charge on any atom is 0.126 e. The van der Waals surface area contributed by atoms with E-state index < -0.39 is 0 Å². The summed E-state index contributed by atoms with van der Waals surface area (Å²) in [5.74, 6) is 0.193. The molecule has 0 amide bonds. The van der Waals surface area contributed by atoms with Gasteiger partial charge in [-0.1, -0.05) is 24.6 Å². The van der Waals surface area contributed by atoms with E-state index in [4.69, 9.17) is 0 Å². The molecule has 0 radical (unpaired) electrons. The summed E-state index contributed by atoms with van der Waals surface area (Å²) in [6.45, 7) is 14.0. The first-order valence-corrected chi connectivity index (χ1v) is 7.34. The molecule has 1 aromatic carbocycles. The summed E-state index contributed by atoms with van der Waals surface area (Å²) in [7, 11) is 0. The monoisotopic (exact) mass is 264 g/mol. The topological polar surface area (TPSA) is 3.24 Å². The van der Waals surface area contributed by atoms with E-state index >= 15 is 0 Å². The Morgan fingerprint density at radius 2 is 1.63 bits per heavy atom. The van der Waals surface area contributed by atoms with Gasteiger partial charge in [-0.2, -0.15) is 0 Å². The third-order valence-corrected chi connectivity index (χ3v) is 3.83. The normalized spacial score (nSPS) is 13.6. The van der Waals surface area contributed by atoms with Crippen LogP contribution in [0.1, 0.15) is 58.1 Å². The lowest BCUT2D eigenvalue weighted by atomic mass is 9.95. The van der Waals surface area contributed by atoms with Gasteiger partial charge in [-0.15, -0.1) is 0 Å². The van der Waals surface area contributed by atoms with Crippen LogP contribution in [0.2, 0.25) is 0 Å². The van der Waals surface area contributed by atoms with Gasteiger partial charge in [0.2, 0.25) is 0 Å². The van der Waals surface area contributed by atoms with Gasteiger partial charge in [0.1, 0.15) is 5.82 Å². The molecule has 108 valence electrons. The molecule has 1 aromatic rings. The van der Waals surface area contributed by atoms with Crippen LogP contribution in [0.4, 0.5) is 4.39 Å². The molecule has 0 bridgehead atoms. The van der Waals surface area contributed by atoms with Crippen molar-refractivity contribution >= 4 is 0 Å². The van der Waals surface area contributed by atoms with E-state index in [1.165, 1.54) is 0 Å². The minimum absolute atomic E-state index is 0.0706. The number of hydrogen-bond donors (Lipinski definition) is 0. The minimum atomic E-state index is -0.0706. The molecule has 0 fully saturated rings. The van der Waals surface area contributed by atoms with Gasteiger partial charge in [-0.25, -0.2) is 4.39 Å². The van der Waals surface area contributed by atoms with Gasteiger partial charge in [0.05, 0.1) is 0 Å². The zero-order valence-electron chi connectivity index (χ0n) is 13.2. The average Bonchev–Trinajstić information content (AvgIpc) is 2.31. The second-order valence-electron chi connectivity index (χ2n) is 6.14. The summed E-state index contributed by atoms with van der Waals surface area (Å²) in [5.41, 5.74) is 1.99. The maximum absolute atomic E-state index is 13.8. The molecule has 0 aromatic heterocycles. The van der Waals surface area contributed by atoms with Gasteiger partial charge in [0, 0.05) is 12.1 Å². The Morgan fingerprint density at radius 3 is 2.16 bits per heavy atom. The number of benzene rings is 1. The SMILES string of the molecule is Cc1ccc([18F])c([C@@H](C)CCN(C(C)C)C(C)C)c1. The molecule has 0 aliphatic rings. The van der Waals surface area contributed by atoms with Gasteiger partial charge >= 0.3 is 0 Å². The van der Waals surface area contributed by atoms with Gasteiger partial charge in [0.15, 0.2) is 0 Å². The standard InChI is InChI=1S/C17H28FN/c1-12(2)19(13(3)4)10-9-15(6)16-11-14(5)7-8-17(16)18/h7-8,11-13,15H,9-10H2,1-6H3/t15-/m0/s1/i18-1. The third kappa shape index (κ3) is 4.61. The predicted molar refractivity (Wildman–Crippen MR) is 81.1 cm³/mol. The Kier molecular flexibility index (Phi) is 5.99. The van der Waals surface area contributed by atoms with Crippen LogP contribution in [0.5, 0.6) is 0 Å². The van der Waals surface area contributed by atoms with Crippen molar-refractivity contribution in [1.82, 2.24) is 4.90 Å². The molecule has 0 unspecified atom stereocenters. The van der Waals surface area contributed by atoms with Crippen LogP contribution in [0.15, 0.2) is 18.2 Å². The highest BCUT2D eigenvalue weighted by Crippen LogP contribution is 2.24. The van der Waals surface area contributed by atoms with Crippen LogP contribution in [-0.2, 0) is 0 Å². The Hall–Kier alpha value is -0.890. The van der Waals surface area contributed by atoms with E-state index in [1.807, 2.05) is 19.1 Å². The molecular formula is C17H28FN. The summed E-state index contributed by atoms with van der Waals surface area (Å²) in [4.78, 5) is 2.46. The molecular weight excluding hydrogens is 236 g/mol. The molecule has 0 spiro atoms. The summed E-state index contributed by atoms with van der Waals surface area (Å²) in [6.07, 6.45) is 0.997. The molecule has 1 nitrogen and oxygen atoms in total. The molecule has 0 aliphatic carbocycles. The van der Waals surface area contributed by atoms with Crippen LogP contribution in [0, 0.1) is 12.7 Å². The molecule has 1 atom stereocenters. The van der Waals surface area contributed by atoms with E-state index in [-0.39, 0.29) is 11.7 Å². The highest BCUT2D eigenvalue weighted by Gasteiger charge is 2.16. The lowest BCUT2D eigenvalue weighted by Crippen LogP contribution is -2.38. The zero-order chi connectivity index (χ0) is 14.6. The van der Waals surface area contributed by atoms with Gasteiger partial charge in [-0.05, 0) is 65.1 Å². The predicted octanol–water partition coefficient (Wildman–Crippen LogP) is 4.75. The summed E-state index contributed by atoms with van der Waals surface area (Å²) >= 11 is 0. The number of nitrogens with zero attached hydrogens (tertiary/aromatic N) is 1. The first-order valence-electron chi connectivity index (χ1n) is 7.34. The lowest BCUT2D eigenvalue weighted by Gasteiger charge is -2.31. The lowest BCUT2D eigenvalue weighted by molar-refractivity contribution is 0.169. The smallest absolute Gasteiger partial charge is 0.126 e. The minimum Gasteiger partial charge on any atom is -0.299 e. The van der Waals surface area contributed by atoms with Crippen LogP contribution in [0.3, 0.4) is 0 Å². The number of hydrogen-bond acceptors (Lipinski definition) is 1. The fourth-order valence-electron chi connectivity index (χ4n) is 2.65. The van der Waals surface area contributed by atoms with Crippen molar-refractivity contribution in [2.24, 2.45) is 0 Å². The summed E-state index contributed by atoms with van der Waals surface area (Å²) in [5, 5.41) is 0. The fraction of sp³-hybridized carbons (Fsp3) is 0.647. The Balaban J connectivity index is 2.69. The highest BCUT2D eigenvalue weighted by molar-refractivity contribution is 5.26. The second-order valence-corrected chi connectivity index (χ2v) is 6.14. The molecule has 0 heterocycles. The van der Waals surface area contributed by atoms with E-state index in [0.717, 1.165) is 24.1 Å². The van der Waals surface area contributed by atoms with Crippen molar-refractivity contribution in [1.29, 1.82) is 0 Å². The first kappa shape index (κ1) is 16.2. The van der Waals surface area contributed by atoms with Crippen LogP contribution in [0.25, 0.3) is 0 Å². The van der Waals surface area contributed by atoms with Crippen LogP contribution < -0.4 is 0 Å². The molecule has 0 saturated carbocycles. The summed E-state index contributed by atoms with van der Waals surface area (Å²) in [6, 6.07) is 6.48. The van der Waals surface area contributed by atoms with E-state index in [2.05, 4.69) is 39.5 Å². The number of rotatable bonds is 6.